The first-order valence-electron chi connectivity index (χ1n) is 5.55. The van der Waals surface area contributed by atoms with Crippen LogP contribution in [0.1, 0.15) is 5.82 Å². The van der Waals surface area contributed by atoms with Gasteiger partial charge in [-0.2, -0.15) is 4.98 Å². The Balaban J connectivity index is 2.17. The molecule has 0 saturated heterocycles. The number of allylic oxidation sites excluding steroid dienone is 3. The Morgan fingerprint density at radius 3 is 2.89 bits per heavy atom. The number of nitrogens with one attached hydrogen (secondary N) is 1. The second-order valence-corrected chi connectivity index (χ2v) is 3.87. The van der Waals surface area contributed by atoms with E-state index in [2.05, 4.69) is 15.2 Å². The van der Waals surface area contributed by atoms with E-state index in [1.165, 1.54) is 0 Å². The third kappa shape index (κ3) is 2.98. The fourth-order valence-electron chi connectivity index (χ4n) is 1.68. The van der Waals surface area contributed by atoms with Crippen LogP contribution in [0.5, 0.6) is 0 Å². The van der Waals surface area contributed by atoms with Crippen LogP contribution in [0.3, 0.4) is 0 Å². The van der Waals surface area contributed by atoms with Crippen molar-refractivity contribution in [2.45, 2.75) is 12.5 Å². The highest BCUT2D eigenvalue weighted by atomic mass is 16.5. The largest absolute Gasteiger partial charge is 0.497 e. The van der Waals surface area contributed by atoms with Crippen molar-refractivity contribution in [3.63, 3.8) is 0 Å². The summed E-state index contributed by atoms with van der Waals surface area (Å²) in [7, 11) is 3.28. The molecule has 96 valence electrons. The maximum atomic E-state index is 5.46. The van der Waals surface area contributed by atoms with Crippen molar-refractivity contribution in [2.75, 3.05) is 20.0 Å². The molecule has 1 heterocycles. The molecule has 0 radical (unpaired) electrons. The quantitative estimate of drug-likeness (QED) is 0.829. The molecule has 1 aromatic heterocycles. The molecule has 1 aliphatic rings. The van der Waals surface area contributed by atoms with Gasteiger partial charge >= 0.3 is 0 Å². The van der Waals surface area contributed by atoms with Crippen LogP contribution in [-0.4, -0.2) is 35.5 Å². The van der Waals surface area contributed by atoms with Gasteiger partial charge in [-0.3, -0.25) is 5.10 Å². The van der Waals surface area contributed by atoms with E-state index < -0.39 is 0 Å². The minimum atomic E-state index is -0.0894. The molecule has 1 unspecified atom stereocenters. The molecule has 1 aliphatic carbocycles. The molecule has 2 rings (SSSR count). The second-order valence-electron chi connectivity index (χ2n) is 3.87. The van der Waals surface area contributed by atoms with Crippen molar-refractivity contribution >= 4 is 5.95 Å². The van der Waals surface area contributed by atoms with E-state index >= 15 is 0 Å². The van der Waals surface area contributed by atoms with Crippen molar-refractivity contribution in [2.24, 2.45) is 0 Å². The molecule has 0 saturated carbocycles. The molecular formula is C12H16N4O2. The SMILES string of the molecule is COC1=CC(OC)C=CC(Cc2nc(N)n[nH]2)=C1. The van der Waals surface area contributed by atoms with Crippen molar-refractivity contribution in [1.29, 1.82) is 0 Å². The summed E-state index contributed by atoms with van der Waals surface area (Å²) in [5.74, 6) is 1.73. The molecule has 0 spiro atoms. The number of rotatable bonds is 4. The van der Waals surface area contributed by atoms with Gasteiger partial charge in [0, 0.05) is 13.5 Å². The fraction of sp³-hybridized carbons (Fsp3) is 0.333. The molecule has 0 fully saturated rings. The van der Waals surface area contributed by atoms with E-state index in [-0.39, 0.29) is 12.1 Å². The Labute approximate surface area is 105 Å². The van der Waals surface area contributed by atoms with Gasteiger partial charge in [0.2, 0.25) is 5.95 Å². The maximum Gasteiger partial charge on any atom is 0.239 e. The van der Waals surface area contributed by atoms with Crippen LogP contribution in [0.2, 0.25) is 0 Å². The van der Waals surface area contributed by atoms with Gasteiger partial charge in [-0.25, -0.2) is 0 Å². The first-order chi connectivity index (χ1) is 8.71. The van der Waals surface area contributed by atoms with E-state index in [9.17, 15) is 0 Å². The van der Waals surface area contributed by atoms with Gasteiger partial charge in [-0.05, 0) is 17.7 Å². The van der Waals surface area contributed by atoms with Crippen molar-refractivity contribution in [1.82, 2.24) is 15.2 Å². The normalized spacial score (nSPS) is 19.1. The van der Waals surface area contributed by atoms with Gasteiger partial charge in [-0.1, -0.05) is 12.2 Å². The van der Waals surface area contributed by atoms with Gasteiger partial charge in [0.25, 0.3) is 0 Å². The monoisotopic (exact) mass is 248 g/mol. The van der Waals surface area contributed by atoms with Gasteiger partial charge in [0.05, 0.1) is 13.2 Å². The summed E-state index contributed by atoms with van der Waals surface area (Å²) >= 11 is 0. The zero-order valence-corrected chi connectivity index (χ0v) is 10.4. The number of nitrogen functional groups attached to an aromatic ring is 1. The highest BCUT2D eigenvalue weighted by Gasteiger charge is 2.09. The lowest BCUT2D eigenvalue weighted by Crippen LogP contribution is -2.02. The Morgan fingerprint density at radius 1 is 1.44 bits per heavy atom. The number of aromatic nitrogens is 3. The topological polar surface area (TPSA) is 86.1 Å². The summed E-state index contributed by atoms with van der Waals surface area (Å²) in [6, 6.07) is 0. The average Bonchev–Trinajstić information content (AvgIpc) is 2.66. The van der Waals surface area contributed by atoms with Gasteiger partial charge < -0.3 is 15.2 Å². The summed E-state index contributed by atoms with van der Waals surface area (Å²) < 4.78 is 10.5. The molecule has 1 atom stereocenters. The summed E-state index contributed by atoms with van der Waals surface area (Å²) in [5, 5.41) is 6.57. The minimum Gasteiger partial charge on any atom is -0.497 e. The molecule has 0 bridgehead atoms. The van der Waals surface area contributed by atoms with Crippen molar-refractivity contribution < 1.29 is 9.47 Å². The van der Waals surface area contributed by atoms with Crippen molar-refractivity contribution in [3.8, 4) is 0 Å². The molecule has 0 aromatic carbocycles. The van der Waals surface area contributed by atoms with Crippen LogP contribution in [0.15, 0.2) is 35.6 Å². The number of hydrogen-bond donors (Lipinski definition) is 2. The van der Waals surface area contributed by atoms with Crippen LogP contribution in [0, 0.1) is 0 Å². The minimum absolute atomic E-state index is 0.0894. The van der Waals surface area contributed by atoms with Gasteiger partial charge in [0.1, 0.15) is 11.6 Å². The Hall–Kier alpha value is -2.08. The smallest absolute Gasteiger partial charge is 0.239 e. The molecule has 0 aliphatic heterocycles. The predicted molar refractivity (Wildman–Crippen MR) is 67.6 cm³/mol. The highest BCUT2D eigenvalue weighted by molar-refractivity contribution is 5.35. The van der Waals surface area contributed by atoms with Crippen LogP contribution in [0.4, 0.5) is 5.95 Å². The van der Waals surface area contributed by atoms with E-state index in [0.717, 1.165) is 17.2 Å². The molecule has 1 aromatic rings. The molecule has 6 heteroatoms. The van der Waals surface area contributed by atoms with E-state index in [1.54, 1.807) is 14.2 Å². The number of methoxy groups -OCH3 is 2. The third-order valence-electron chi connectivity index (χ3n) is 2.58. The lowest BCUT2D eigenvalue weighted by atomic mass is 10.1. The number of nitrogens with zero attached hydrogens (tertiary/aromatic N) is 2. The molecule has 3 N–H and O–H groups in total. The second kappa shape index (κ2) is 5.50. The number of anilines is 1. The number of H-pyrrole nitrogens is 1. The molecule has 6 nitrogen and oxygen atoms in total. The number of aromatic amines is 1. The van der Waals surface area contributed by atoms with Crippen molar-refractivity contribution in [3.05, 3.63) is 41.5 Å². The summed E-state index contributed by atoms with van der Waals surface area (Å²) in [6.45, 7) is 0. The summed E-state index contributed by atoms with van der Waals surface area (Å²) in [4.78, 5) is 4.07. The summed E-state index contributed by atoms with van der Waals surface area (Å²) in [6.07, 6.45) is 8.30. The number of ether oxygens (including phenoxy) is 2. The Kier molecular flexibility index (Phi) is 3.78. The van der Waals surface area contributed by atoms with E-state index in [0.29, 0.717) is 6.42 Å². The first-order valence-corrected chi connectivity index (χ1v) is 5.55. The van der Waals surface area contributed by atoms with Crippen LogP contribution in [-0.2, 0) is 15.9 Å². The van der Waals surface area contributed by atoms with Crippen LogP contribution >= 0.6 is 0 Å². The number of hydrogen-bond acceptors (Lipinski definition) is 5. The average molecular weight is 248 g/mol. The highest BCUT2D eigenvalue weighted by Crippen LogP contribution is 2.16. The maximum absolute atomic E-state index is 5.46. The van der Waals surface area contributed by atoms with Crippen LogP contribution < -0.4 is 5.73 Å². The zero-order chi connectivity index (χ0) is 13.0. The fourth-order valence-corrected chi connectivity index (χ4v) is 1.68. The molecular weight excluding hydrogens is 232 g/mol. The van der Waals surface area contributed by atoms with Gasteiger partial charge in [-0.15, -0.1) is 5.10 Å². The standard InChI is InChI=1S/C12H16N4O2/c1-17-9-4-3-8(5-10(7-9)18-2)6-11-14-12(13)16-15-11/h3-5,7,9H,6H2,1-2H3,(H3,13,14,15,16). The Bertz CT molecular complexity index is 502. The zero-order valence-electron chi connectivity index (χ0n) is 10.4. The predicted octanol–water partition coefficient (Wildman–Crippen LogP) is 0.971. The summed E-state index contributed by atoms with van der Waals surface area (Å²) in [5.41, 5.74) is 6.51. The molecule has 18 heavy (non-hydrogen) atoms. The third-order valence-corrected chi connectivity index (χ3v) is 2.58. The molecule has 0 amide bonds. The van der Waals surface area contributed by atoms with E-state index in [1.807, 2.05) is 24.3 Å². The Morgan fingerprint density at radius 2 is 2.28 bits per heavy atom. The van der Waals surface area contributed by atoms with Crippen LogP contribution in [0.25, 0.3) is 0 Å². The number of nitrogens with two attached hydrogens (primary N) is 1. The lowest BCUT2D eigenvalue weighted by molar-refractivity contribution is 0.172. The van der Waals surface area contributed by atoms with E-state index in [4.69, 9.17) is 15.2 Å². The first kappa shape index (κ1) is 12.4. The van der Waals surface area contributed by atoms with Gasteiger partial charge in [0.15, 0.2) is 0 Å². The lowest BCUT2D eigenvalue weighted by Gasteiger charge is -2.05.